The van der Waals surface area contributed by atoms with Gasteiger partial charge in [0.2, 0.25) is 0 Å². The van der Waals surface area contributed by atoms with Crippen LogP contribution in [0.1, 0.15) is 36.8 Å². The molecule has 0 saturated heterocycles. The monoisotopic (exact) mass is 625 g/mol. The molecule has 0 aromatic heterocycles. The second-order valence-electron chi connectivity index (χ2n) is 9.47. The third kappa shape index (κ3) is 7.89. The minimum absolute atomic E-state index is 0. The molecule has 2 aromatic rings. The van der Waals surface area contributed by atoms with Crippen LogP contribution >= 0.6 is 40.7 Å². The van der Waals surface area contributed by atoms with E-state index in [0.29, 0.717) is 29.0 Å². The molecule has 206 valence electrons. The quantitative estimate of drug-likeness (QED) is 0.360. The van der Waals surface area contributed by atoms with Gasteiger partial charge in [-0.15, -0.1) is 38.0 Å². The highest BCUT2D eigenvalue weighted by atomic mass is 79.9. The first-order valence-electron chi connectivity index (χ1n) is 11.7. The van der Waals surface area contributed by atoms with E-state index in [4.69, 9.17) is 10.7 Å². The van der Waals surface area contributed by atoms with Gasteiger partial charge in [0.25, 0.3) is 0 Å². The third-order valence-electron chi connectivity index (χ3n) is 6.69. The molecule has 1 unspecified atom stereocenters. The summed E-state index contributed by atoms with van der Waals surface area (Å²) in [7, 11) is 3.95. The average Bonchev–Trinajstić information content (AvgIpc) is 2.79. The Labute approximate surface area is 236 Å². The van der Waals surface area contributed by atoms with E-state index in [2.05, 4.69) is 31.3 Å². The molecule has 2 aromatic carbocycles. The van der Waals surface area contributed by atoms with Gasteiger partial charge in [0, 0.05) is 47.8 Å². The van der Waals surface area contributed by atoms with Crippen LogP contribution in [0.25, 0.3) is 0 Å². The molecular weight excluding hydrogens is 594 g/mol. The lowest BCUT2D eigenvalue weighted by Gasteiger charge is -2.43. The first kappa shape index (κ1) is 31.5. The Kier molecular flexibility index (Phi) is 11.0. The van der Waals surface area contributed by atoms with Crippen LogP contribution in [0.15, 0.2) is 51.9 Å². The molecule has 1 atom stereocenters. The minimum atomic E-state index is -4.73. The zero-order valence-corrected chi connectivity index (χ0v) is 23.9. The summed E-state index contributed by atoms with van der Waals surface area (Å²) in [6.07, 6.45) is -0.946. The van der Waals surface area contributed by atoms with Crippen molar-refractivity contribution >= 4 is 52.3 Å². The number of aliphatic imine (C=N–C) groups is 1. The van der Waals surface area contributed by atoms with E-state index in [9.17, 15) is 13.2 Å². The number of hydrogen-bond donors (Lipinski definition) is 3. The van der Waals surface area contributed by atoms with Gasteiger partial charge in [-0.3, -0.25) is 5.73 Å². The molecule has 0 radical (unpaired) electrons. The lowest BCUT2D eigenvalue weighted by molar-refractivity contribution is -0.274. The first-order chi connectivity index (χ1) is 16.5. The number of fused-ring (bicyclic) bond motifs is 1. The number of amidine groups is 1. The normalized spacial score (nSPS) is 22.9. The standard InChI is InChI=1S/C25H31BrF3N5O.2ClH/c1-34(2)23-20-5-3-4-6-21(20)32-24(30,33-23)18-10-7-16(8-11-18)14-31-15-17-9-12-19(26)13-22(17)35-25(27,28)29;;/h3-6,9,12-13,16,18,31-32H,7-8,10-11,14-15,30H2,1-2H3;2*1H. The van der Waals surface area contributed by atoms with E-state index in [1.807, 2.05) is 43.3 Å². The van der Waals surface area contributed by atoms with Gasteiger partial charge in [-0.2, -0.15) is 0 Å². The van der Waals surface area contributed by atoms with Crippen LogP contribution in [-0.4, -0.2) is 43.5 Å². The number of nitrogens with one attached hydrogen (secondary N) is 2. The Bertz CT molecular complexity index is 1080. The fourth-order valence-electron chi connectivity index (χ4n) is 4.91. The third-order valence-corrected chi connectivity index (χ3v) is 7.18. The topological polar surface area (TPSA) is 74.9 Å². The summed E-state index contributed by atoms with van der Waals surface area (Å²) in [5.41, 5.74) is 9.33. The van der Waals surface area contributed by atoms with Crippen molar-refractivity contribution in [2.24, 2.45) is 22.6 Å². The summed E-state index contributed by atoms with van der Waals surface area (Å²) < 4.78 is 43.0. The second-order valence-corrected chi connectivity index (χ2v) is 10.4. The van der Waals surface area contributed by atoms with Gasteiger partial charge < -0.3 is 20.3 Å². The number of halogens is 6. The predicted octanol–water partition coefficient (Wildman–Crippen LogP) is 6.13. The van der Waals surface area contributed by atoms with Crippen molar-refractivity contribution in [1.29, 1.82) is 0 Å². The van der Waals surface area contributed by atoms with Crippen molar-refractivity contribution in [2.45, 2.75) is 44.4 Å². The second kappa shape index (κ2) is 12.9. The number of nitrogens with zero attached hydrogens (tertiary/aromatic N) is 2. The molecule has 4 N–H and O–H groups in total. The zero-order chi connectivity index (χ0) is 25.2. The van der Waals surface area contributed by atoms with Crippen molar-refractivity contribution in [1.82, 2.24) is 10.2 Å². The van der Waals surface area contributed by atoms with Crippen LogP contribution < -0.4 is 21.1 Å². The Morgan fingerprint density at radius 1 is 1.14 bits per heavy atom. The van der Waals surface area contributed by atoms with Crippen molar-refractivity contribution in [3.8, 4) is 5.75 Å². The number of alkyl halides is 3. The number of rotatable bonds is 6. The highest BCUT2D eigenvalue weighted by Gasteiger charge is 2.41. The fourth-order valence-corrected chi connectivity index (χ4v) is 5.25. The van der Waals surface area contributed by atoms with Crippen molar-refractivity contribution in [3.05, 3.63) is 58.1 Å². The Morgan fingerprint density at radius 2 is 1.81 bits per heavy atom. The number of hydrogen-bond acceptors (Lipinski definition) is 6. The van der Waals surface area contributed by atoms with Gasteiger partial charge >= 0.3 is 6.36 Å². The highest BCUT2D eigenvalue weighted by molar-refractivity contribution is 9.10. The van der Waals surface area contributed by atoms with Crippen LogP contribution in [0.5, 0.6) is 5.75 Å². The Balaban J connectivity index is 0.00000241. The van der Waals surface area contributed by atoms with Gasteiger partial charge in [-0.25, -0.2) is 4.99 Å². The van der Waals surface area contributed by atoms with Crippen LogP contribution in [0.4, 0.5) is 18.9 Å². The number of para-hydroxylation sites is 1. The van der Waals surface area contributed by atoms with E-state index >= 15 is 0 Å². The van der Waals surface area contributed by atoms with Crippen molar-refractivity contribution in [2.75, 3.05) is 26.0 Å². The molecule has 1 heterocycles. The van der Waals surface area contributed by atoms with E-state index < -0.39 is 12.1 Å². The number of benzene rings is 2. The SMILES string of the molecule is CN(C)C1=NC(N)(C2CCC(CNCc3ccc(Br)cc3OC(F)(F)F)CC2)Nc2ccccc21.Cl.Cl. The van der Waals surface area contributed by atoms with E-state index in [1.54, 1.807) is 12.1 Å². The lowest BCUT2D eigenvalue weighted by atomic mass is 9.78. The molecule has 4 rings (SSSR count). The maximum Gasteiger partial charge on any atom is 0.573 e. The van der Waals surface area contributed by atoms with Crippen molar-refractivity contribution < 1.29 is 17.9 Å². The van der Waals surface area contributed by atoms with Gasteiger partial charge in [-0.1, -0.05) is 34.1 Å². The summed E-state index contributed by atoms with van der Waals surface area (Å²) >= 11 is 3.20. The van der Waals surface area contributed by atoms with E-state index in [1.165, 1.54) is 6.07 Å². The van der Waals surface area contributed by atoms with Gasteiger partial charge in [-0.05, 0) is 62.4 Å². The molecule has 0 spiro atoms. The van der Waals surface area contributed by atoms with Crippen molar-refractivity contribution in [3.63, 3.8) is 0 Å². The average molecular weight is 627 g/mol. The zero-order valence-electron chi connectivity index (χ0n) is 20.6. The van der Waals surface area contributed by atoms with Crippen LogP contribution in [0.3, 0.4) is 0 Å². The maximum atomic E-state index is 12.8. The van der Waals surface area contributed by atoms with E-state index in [-0.39, 0.29) is 36.5 Å². The molecule has 2 aliphatic rings. The highest BCUT2D eigenvalue weighted by Crippen LogP contribution is 2.39. The molecule has 12 heteroatoms. The van der Waals surface area contributed by atoms with Crippen LogP contribution in [0, 0.1) is 11.8 Å². The number of nitrogens with two attached hydrogens (primary N) is 1. The molecule has 0 amide bonds. The number of anilines is 1. The fraction of sp³-hybridized carbons (Fsp3) is 0.480. The van der Waals surface area contributed by atoms with Crippen LogP contribution in [0.2, 0.25) is 0 Å². The molecule has 6 nitrogen and oxygen atoms in total. The first-order valence-corrected chi connectivity index (χ1v) is 12.5. The predicted molar refractivity (Wildman–Crippen MR) is 150 cm³/mol. The van der Waals surface area contributed by atoms with Gasteiger partial charge in [0.1, 0.15) is 11.6 Å². The van der Waals surface area contributed by atoms with Gasteiger partial charge in [0.15, 0.2) is 5.79 Å². The molecule has 1 aliphatic heterocycles. The minimum Gasteiger partial charge on any atom is -0.405 e. The summed E-state index contributed by atoms with van der Waals surface area (Å²) in [4.78, 5) is 6.93. The smallest absolute Gasteiger partial charge is 0.405 e. The van der Waals surface area contributed by atoms with E-state index in [0.717, 1.165) is 42.8 Å². The molecular formula is C25H33BrCl2F3N5O. The summed E-state index contributed by atoms with van der Waals surface area (Å²) in [5.74, 6) is 0.419. The molecule has 0 bridgehead atoms. The molecule has 1 saturated carbocycles. The Hall–Kier alpha value is -1.72. The van der Waals surface area contributed by atoms with Gasteiger partial charge in [0.05, 0.1) is 0 Å². The maximum absolute atomic E-state index is 12.8. The summed E-state index contributed by atoms with van der Waals surface area (Å²) in [6, 6.07) is 12.7. The number of ether oxygens (including phenoxy) is 1. The Morgan fingerprint density at radius 3 is 2.46 bits per heavy atom. The summed E-state index contributed by atoms with van der Waals surface area (Å²) in [5, 5.41) is 6.79. The molecule has 1 aliphatic carbocycles. The summed E-state index contributed by atoms with van der Waals surface area (Å²) in [6.45, 7) is 1.02. The molecule has 1 fully saturated rings. The van der Waals surface area contributed by atoms with Crippen LogP contribution in [-0.2, 0) is 6.54 Å². The lowest BCUT2D eigenvalue weighted by Crippen LogP contribution is -2.56. The largest absolute Gasteiger partial charge is 0.573 e. The molecule has 37 heavy (non-hydrogen) atoms.